The summed E-state index contributed by atoms with van der Waals surface area (Å²) in [7, 11) is 0. The quantitative estimate of drug-likeness (QED) is 0.337. The summed E-state index contributed by atoms with van der Waals surface area (Å²) < 4.78 is 87.9. The van der Waals surface area contributed by atoms with Crippen LogP contribution in [0.3, 0.4) is 0 Å². The van der Waals surface area contributed by atoms with E-state index in [4.69, 9.17) is 27.9 Å². The normalized spacial score (nSPS) is 19.4. The molecule has 9 heteroatoms. The Kier molecular flexibility index (Phi) is 5.17. The molecule has 0 saturated heterocycles. The number of ether oxygens (including phenoxy) is 1. The summed E-state index contributed by atoms with van der Waals surface area (Å²) in [6.07, 6.45) is -9.16. The highest BCUT2D eigenvalue weighted by molar-refractivity contribution is 6.34. The van der Waals surface area contributed by atoms with E-state index in [0.717, 1.165) is 30.5 Å². The second-order valence-electron chi connectivity index (χ2n) is 7.12. The van der Waals surface area contributed by atoms with Gasteiger partial charge in [0.15, 0.2) is 0 Å². The largest absolute Gasteiger partial charge is 0.480 e. The summed E-state index contributed by atoms with van der Waals surface area (Å²) in [5, 5.41) is 0.0734. The topological polar surface area (TPSA) is 9.23 Å². The van der Waals surface area contributed by atoms with Crippen LogP contribution in [-0.2, 0) is 16.5 Å². The molecule has 0 aliphatic carbocycles. The Labute approximate surface area is 182 Å². The first-order chi connectivity index (χ1) is 14.4. The van der Waals surface area contributed by atoms with Crippen LogP contribution in [0, 0.1) is 0 Å². The third-order valence-electron chi connectivity index (χ3n) is 5.20. The Morgan fingerprint density at radius 3 is 2.00 bits per heavy atom. The van der Waals surface area contributed by atoms with E-state index in [1.165, 1.54) is 30.3 Å². The maximum Gasteiger partial charge on any atom is 0.432 e. The van der Waals surface area contributed by atoms with E-state index < -0.39 is 29.9 Å². The Balaban J connectivity index is 1.84. The Hall–Kier alpha value is -2.38. The average molecular weight is 477 g/mol. The van der Waals surface area contributed by atoms with Crippen molar-refractivity contribution in [1.82, 2.24) is 0 Å². The van der Waals surface area contributed by atoms with E-state index in [1.807, 2.05) is 0 Å². The number of alkyl halides is 6. The molecule has 0 N–H and O–H groups in total. The number of hydrogen-bond acceptors (Lipinski definition) is 1. The van der Waals surface area contributed by atoms with E-state index in [9.17, 15) is 26.3 Å². The molecule has 0 amide bonds. The van der Waals surface area contributed by atoms with Crippen LogP contribution in [0.15, 0.2) is 60.9 Å². The van der Waals surface area contributed by atoms with Crippen LogP contribution >= 0.6 is 23.2 Å². The molecule has 1 nitrogen and oxygen atoms in total. The van der Waals surface area contributed by atoms with Gasteiger partial charge in [0.1, 0.15) is 0 Å². The third kappa shape index (κ3) is 3.74. The van der Waals surface area contributed by atoms with Crippen molar-refractivity contribution in [2.45, 2.75) is 24.4 Å². The third-order valence-corrected chi connectivity index (χ3v) is 5.64. The van der Waals surface area contributed by atoms with Crippen molar-refractivity contribution < 1.29 is 31.1 Å². The maximum absolute atomic E-state index is 14.2. The highest BCUT2D eigenvalue weighted by Gasteiger charge is 2.60. The van der Waals surface area contributed by atoms with E-state index >= 15 is 0 Å². The fourth-order valence-electron chi connectivity index (χ4n) is 3.80. The first-order valence-electron chi connectivity index (χ1n) is 8.92. The zero-order valence-corrected chi connectivity index (χ0v) is 16.9. The number of rotatable bonds is 2. The predicted molar refractivity (Wildman–Crippen MR) is 107 cm³/mol. The summed E-state index contributed by atoms with van der Waals surface area (Å²) in [6, 6.07) is 11.2. The van der Waals surface area contributed by atoms with Crippen molar-refractivity contribution in [2.24, 2.45) is 0 Å². The highest BCUT2D eigenvalue weighted by atomic mass is 35.5. The van der Waals surface area contributed by atoms with Gasteiger partial charge in [-0.25, -0.2) is 0 Å². The lowest BCUT2D eigenvalue weighted by Crippen LogP contribution is -2.42. The van der Waals surface area contributed by atoms with E-state index in [-0.39, 0.29) is 37.5 Å². The van der Waals surface area contributed by atoms with Crippen LogP contribution in [-0.4, -0.2) is 6.18 Å². The van der Waals surface area contributed by atoms with Gasteiger partial charge in [0, 0.05) is 22.0 Å². The molecule has 0 aromatic heterocycles. The number of hydrogen-bond donors (Lipinski definition) is 0. The van der Waals surface area contributed by atoms with Crippen molar-refractivity contribution >= 4 is 39.5 Å². The Morgan fingerprint density at radius 2 is 1.42 bits per heavy atom. The van der Waals surface area contributed by atoms with Gasteiger partial charge in [0.05, 0.1) is 11.8 Å². The monoisotopic (exact) mass is 476 g/mol. The lowest BCUT2D eigenvalue weighted by atomic mass is 9.84. The van der Waals surface area contributed by atoms with Gasteiger partial charge in [-0.2, -0.15) is 26.3 Å². The van der Waals surface area contributed by atoms with Crippen molar-refractivity contribution in [3.05, 3.63) is 87.6 Å². The molecular weight excluding hydrogens is 465 g/mol. The Bertz CT molecular complexity index is 1180. The van der Waals surface area contributed by atoms with Crippen molar-refractivity contribution in [3.63, 3.8) is 0 Å². The molecule has 1 unspecified atom stereocenters. The smallest absolute Gasteiger partial charge is 0.432 e. The standard InChI is InChI=1S/C22H12Cl2F6O/c23-14-7-13(8-15(24)9-14)20(22(28,29)30)10-12(11-31-20)16-5-6-19(21(25,26)27)18-4-2-1-3-17(16)18/h1-9,11H,10H2. The summed E-state index contributed by atoms with van der Waals surface area (Å²) in [5.41, 5.74) is -3.59. The van der Waals surface area contributed by atoms with Crippen LogP contribution in [0.4, 0.5) is 26.3 Å². The first kappa shape index (κ1) is 21.8. The van der Waals surface area contributed by atoms with Crippen molar-refractivity contribution in [3.8, 4) is 0 Å². The van der Waals surface area contributed by atoms with Crippen LogP contribution in [0.2, 0.25) is 10.0 Å². The molecule has 0 bridgehead atoms. The molecule has 1 aliphatic rings. The predicted octanol–water partition coefficient (Wildman–Crippen LogP) is 8.38. The van der Waals surface area contributed by atoms with E-state index in [2.05, 4.69) is 0 Å². The second-order valence-corrected chi connectivity index (χ2v) is 8.00. The zero-order chi connectivity index (χ0) is 22.6. The fraction of sp³-hybridized carbons (Fsp3) is 0.182. The maximum atomic E-state index is 14.2. The van der Waals surface area contributed by atoms with Gasteiger partial charge in [0.2, 0.25) is 5.60 Å². The van der Waals surface area contributed by atoms with Crippen LogP contribution in [0.1, 0.15) is 23.1 Å². The average Bonchev–Trinajstić information content (AvgIpc) is 3.12. The minimum atomic E-state index is -4.85. The van der Waals surface area contributed by atoms with E-state index in [0.29, 0.717) is 0 Å². The molecular formula is C22H12Cl2F6O. The molecule has 0 fully saturated rings. The summed E-state index contributed by atoms with van der Waals surface area (Å²) >= 11 is 11.8. The highest BCUT2D eigenvalue weighted by Crippen LogP contribution is 2.53. The second kappa shape index (κ2) is 7.35. The molecule has 0 saturated carbocycles. The van der Waals surface area contributed by atoms with Gasteiger partial charge in [-0.05, 0) is 46.2 Å². The van der Waals surface area contributed by atoms with Crippen molar-refractivity contribution in [2.75, 3.05) is 0 Å². The molecule has 1 heterocycles. The molecule has 31 heavy (non-hydrogen) atoms. The van der Waals surface area contributed by atoms with Gasteiger partial charge >= 0.3 is 12.4 Å². The van der Waals surface area contributed by atoms with Crippen LogP contribution in [0.5, 0.6) is 0 Å². The van der Waals surface area contributed by atoms with Gasteiger partial charge in [-0.3, -0.25) is 0 Å². The molecule has 0 spiro atoms. The van der Waals surface area contributed by atoms with Crippen LogP contribution < -0.4 is 0 Å². The fourth-order valence-corrected chi connectivity index (χ4v) is 4.32. The summed E-state index contributed by atoms with van der Waals surface area (Å²) in [6.45, 7) is 0. The minimum absolute atomic E-state index is 0.00292. The molecule has 1 atom stereocenters. The zero-order valence-electron chi connectivity index (χ0n) is 15.4. The van der Waals surface area contributed by atoms with Gasteiger partial charge in [0.25, 0.3) is 0 Å². The number of halogens is 8. The van der Waals surface area contributed by atoms with Gasteiger partial charge in [-0.1, -0.05) is 53.5 Å². The Morgan fingerprint density at radius 1 is 0.806 bits per heavy atom. The van der Waals surface area contributed by atoms with Crippen molar-refractivity contribution in [1.29, 1.82) is 0 Å². The SMILES string of the molecule is FC(F)(F)c1ccc(C2=COC(c3cc(Cl)cc(Cl)c3)(C(F)(F)F)C2)c2ccccc12. The minimum Gasteiger partial charge on any atom is -0.480 e. The molecule has 162 valence electrons. The summed E-state index contributed by atoms with van der Waals surface area (Å²) in [4.78, 5) is 0. The van der Waals surface area contributed by atoms with Crippen LogP contribution in [0.25, 0.3) is 16.3 Å². The molecule has 3 aromatic rings. The first-order valence-corrected chi connectivity index (χ1v) is 9.67. The lowest BCUT2D eigenvalue weighted by molar-refractivity contribution is -0.260. The number of fused-ring (bicyclic) bond motifs is 1. The summed E-state index contributed by atoms with van der Waals surface area (Å²) in [5.74, 6) is 0. The van der Waals surface area contributed by atoms with Gasteiger partial charge in [-0.15, -0.1) is 0 Å². The molecule has 0 radical (unpaired) electrons. The number of benzene rings is 3. The molecule has 4 rings (SSSR count). The lowest BCUT2D eigenvalue weighted by Gasteiger charge is -2.32. The van der Waals surface area contributed by atoms with Gasteiger partial charge < -0.3 is 4.74 Å². The van der Waals surface area contributed by atoms with E-state index in [1.54, 1.807) is 0 Å². The molecule has 1 aliphatic heterocycles. The molecule has 3 aromatic carbocycles.